The predicted octanol–water partition coefficient (Wildman–Crippen LogP) is 1.69. The Morgan fingerprint density at radius 3 is 2.74 bits per heavy atom. The van der Waals surface area contributed by atoms with E-state index >= 15 is 0 Å². The largest absolute Gasteiger partial charge is 0.465 e. The highest BCUT2D eigenvalue weighted by Crippen LogP contribution is 2.29. The molecular weight excluding hydrogens is 314 g/mol. The number of methoxy groups -OCH3 is 1. The average Bonchev–Trinajstić information content (AvgIpc) is 3.12. The second-order valence-corrected chi connectivity index (χ2v) is 7.30. The highest BCUT2D eigenvalue weighted by atomic mass is 32.1. The Morgan fingerprint density at radius 2 is 2.09 bits per heavy atom. The number of fused-ring (bicyclic) bond motifs is 2. The number of nitrogens with zero attached hydrogens (tertiary/aromatic N) is 1. The van der Waals surface area contributed by atoms with Crippen LogP contribution in [0.4, 0.5) is 5.69 Å². The standard InChI is InChI=1S/C16H23N3O3S/c1-19(12-7-10-3-4-11(8-12)17-10)9-14(20)18-13-5-6-23-15(13)16(21)22-2/h5-6,10-12,17H,3-4,7-9H2,1-2H3,(H,18,20). The highest BCUT2D eigenvalue weighted by molar-refractivity contribution is 7.12. The number of esters is 1. The summed E-state index contributed by atoms with van der Waals surface area (Å²) in [6, 6.07) is 3.39. The van der Waals surface area contributed by atoms with Crippen LogP contribution in [0.15, 0.2) is 11.4 Å². The minimum Gasteiger partial charge on any atom is -0.465 e. The molecule has 2 N–H and O–H groups in total. The number of anilines is 1. The van der Waals surface area contributed by atoms with Crippen molar-refractivity contribution in [3.63, 3.8) is 0 Å². The summed E-state index contributed by atoms with van der Waals surface area (Å²) in [6.07, 6.45) is 4.70. The lowest BCUT2D eigenvalue weighted by atomic mass is 9.98. The lowest BCUT2D eigenvalue weighted by Gasteiger charge is -2.35. The van der Waals surface area contributed by atoms with E-state index in [0.29, 0.717) is 35.2 Å². The molecule has 7 heteroatoms. The van der Waals surface area contributed by atoms with E-state index in [4.69, 9.17) is 4.74 Å². The van der Waals surface area contributed by atoms with E-state index in [0.717, 1.165) is 12.8 Å². The number of piperidine rings is 1. The van der Waals surface area contributed by atoms with Crippen LogP contribution in [0.1, 0.15) is 35.4 Å². The quantitative estimate of drug-likeness (QED) is 0.800. The number of carbonyl (C=O) groups is 2. The maximum absolute atomic E-state index is 12.3. The summed E-state index contributed by atoms with van der Waals surface area (Å²) in [5.74, 6) is -0.513. The molecule has 2 saturated heterocycles. The summed E-state index contributed by atoms with van der Waals surface area (Å²) in [5, 5.41) is 8.22. The fourth-order valence-electron chi connectivity index (χ4n) is 3.59. The van der Waals surface area contributed by atoms with Gasteiger partial charge in [0.2, 0.25) is 5.91 Å². The Morgan fingerprint density at radius 1 is 1.39 bits per heavy atom. The van der Waals surface area contributed by atoms with Gasteiger partial charge in [-0.15, -0.1) is 11.3 Å². The van der Waals surface area contributed by atoms with Crippen LogP contribution in [0.5, 0.6) is 0 Å². The molecule has 3 rings (SSSR count). The molecule has 2 atom stereocenters. The van der Waals surface area contributed by atoms with Gasteiger partial charge in [0.05, 0.1) is 19.3 Å². The normalized spacial score (nSPS) is 26.3. The molecule has 1 aromatic rings. The summed E-state index contributed by atoms with van der Waals surface area (Å²) >= 11 is 1.27. The van der Waals surface area contributed by atoms with Crippen molar-refractivity contribution >= 4 is 28.9 Å². The molecule has 0 aliphatic carbocycles. The molecule has 2 aliphatic rings. The molecule has 23 heavy (non-hydrogen) atoms. The van der Waals surface area contributed by atoms with E-state index in [1.165, 1.54) is 31.3 Å². The minimum absolute atomic E-state index is 0.0954. The van der Waals surface area contributed by atoms with E-state index in [2.05, 4.69) is 15.5 Å². The van der Waals surface area contributed by atoms with Gasteiger partial charge in [0.25, 0.3) is 0 Å². The number of ether oxygens (including phenoxy) is 1. The summed E-state index contributed by atoms with van der Waals surface area (Å²) < 4.78 is 4.73. The number of rotatable bonds is 5. The fourth-order valence-corrected chi connectivity index (χ4v) is 4.36. The molecule has 0 saturated carbocycles. The van der Waals surface area contributed by atoms with Crippen LogP contribution < -0.4 is 10.6 Å². The van der Waals surface area contributed by atoms with E-state index < -0.39 is 5.97 Å². The number of hydrogen-bond donors (Lipinski definition) is 2. The molecule has 0 aromatic carbocycles. The molecule has 126 valence electrons. The van der Waals surface area contributed by atoms with E-state index in [-0.39, 0.29) is 5.91 Å². The zero-order chi connectivity index (χ0) is 16.4. The average molecular weight is 337 g/mol. The molecule has 2 bridgehead atoms. The second kappa shape index (κ2) is 6.98. The van der Waals surface area contributed by atoms with Gasteiger partial charge in [-0.1, -0.05) is 0 Å². The number of carbonyl (C=O) groups excluding carboxylic acids is 2. The van der Waals surface area contributed by atoms with Gasteiger partial charge in [-0.05, 0) is 44.2 Å². The first kappa shape index (κ1) is 16.4. The van der Waals surface area contributed by atoms with Gasteiger partial charge in [0, 0.05) is 18.1 Å². The number of nitrogens with one attached hydrogen (secondary N) is 2. The van der Waals surface area contributed by atoms with Gasteiger partial charge in [-0.3, -0.25) is 9.69 Å². The molecule has 1 amide bonds. The summed E-state index contributed by atoms with van der Waals surface area (Å²) in [7, 11) is 3.34. The van der Waals surface area contributed by atoms with Crippen molar-refractivity contribution in [2.45, 2.75) is 43.8 Å². The van der Waals surface area contributed by atoms with Gasteiger partial charge in [-0.25, -0.2) is 4.79 Å². The van der Waals surface area contributed by atoms with Crippen molar-refractivity contribution in [3.05, 3.63) is 16.3 Å². The number of thiophene rings is 1. The van der Waals surface area contributed by atoms with Gasteiger partial charge < -0.3 is 15.4 Å². The van der Waals surface area contributed by atoms with Crippen LogP contribution in [0, 0.1) is 0 Å². The summed E-state index contributed by atoms with van der Waals surface area (Å²) in [6.45, 7) is 0.334. The van der Waals surface area contributed by atoms with Crippen molar-refractivity contribution < 1.29 is 14.3 Å². The highest BCUT2D eigenvalue weighted by Gasteiger charge is 2.35. The zero-order valence-corrected chi connectivity index (χ0v) is 14.3. The van der Waals surface area contributed by atoms with Crippen LogP contribution in [0.2, 0.25) is 0 Å². The molecule has 0 radical (unpaired) electrons. The number of likely N-dealkylation sites (N-methyl/N-ethyl adjacent to an activating group) is 1. The molecule has 0 spiro atoms. The van der Waals surface area contributed by atoms with Crippen LogP contribution in [0.3, 0.4) is 0 Å². The van der Waals surface area contributed by atoms with Crippen molar-refractivity contribution in [2.75, 3.05) is 26.0 Å². The Labute approximate surface area is 140 Å². The molecule has 3 heterocycles. The second-order valence-electron chi connectivity index (χ2n) is 6.38. The summed E-state index contributed by atoms with van der Waals surface area (Å²) in [5.41, 5.74) is 0.533. The van der Waals surface area contributed by atoms with Crippen molar-refractivity contribution in [1.82, 2.24) is 10.2 Å². The van der Waals surface area contributed by atoms with Gasteiger partial charge in [0.1, 0.15) is 4.88 Å². The van der Waals surface area contributed by atoms with Crippen molar-refractivity contribution in [2.24, 2.45) is 0 Å². The predicted molar refractivity (Wildman–Crippen MR) is 89.9 cm³/mol. The molecule has 6 nitrogen and oxygen atoms in total. The van der Waals surface area contributed by atoms with E-state index in [1.54, 1.807) is 11.4 Å². The SMILES string of the molecule is COC(=O)c1sccc1NC(=O)CN(C)C1CC2CCC(C1)N2. The van der Waals surface area contributed by atoms with E-state index in [9.17, 15) is 9.59 Å². The Kier molecular flexibility index (Phi) is 4.99. The number of amides is 1. The first-order chi connectivity index (χ1) is 11.1. The molecule has 1 aromatic heterocycles. The fraction of sp³-hybridized carbons (Fsp3) is 0.625. The summed E-state index contributed by atoms with van der Waals surface area (Å²) in [4.78, 5) is 26.5. The van der Waals surface area contributed by atoms with Crippen molar-refractivity contribution in [3.8, 4) is 0 Å². The first-order valence-electron chi connectivity index (χ1n) is 7.98. The van der Waals surface area contributed by atoms with Crippen LogP contribution in [0.25, 0.3) is 0 Å². The third-order valence-electron chi connectivity index (χ3n) is 4.77. The molecule has 2 unspecified atom stereocenters. The topological polar surface area (TPSA) is 70.7 Å². The molecular formula is C16H23N3O3S. The number of hydrogen-bond acceptors (Lipinski definition) is 6. The van der Waals surface area contributed by atoms with Crippen molar-refractivity contribution in [1.29, 1.82) is 0 Å². The van der Waals surface area contributed by atoms with Crippen LogP contribution in [-0.2, 0) is 9.53 Å². The van der Waals surface area contributed by atoms with Gasteiger partial charge >= 0.3 is 5.97 Å². The zero-order valence-electron chi connectivity index (χ0n) is 13.5. The third kappa shape index (κ3) is 3.73. The van der Waals surface area contributed by atoms with Gasteiger partial charge in [0.15, 0.2) is 0 Å². The third-order valence-corrected chi connectivity index (χ3v) is 5.67. The van der Waals surface area contributed by atoms with Crippen LogP contribution in [-0.4, -0.2) is 55.6 Å². The molecule has 2 aliphatic heterocycles. The minimum atomic E-state index is -0.418. The Bertz CT molecular complexity index is 577. The van der Waals surface area contributed by atoms with E-state index in [1.807, 2.05) is 7.05 Å². The first-order valence-corrected chi connectivity index (χ1v) is 8.86. The van der Waals surface area contributed by atoms with Gasteiger partial charge in [-0.2, -0.15) is 0 Å². The lowest BCUT2D eigenvalue weighted by molar-refractivity contribution is -0.117. The monoisotopic (exact) mass is 337 g/mol. The maximum atomic E-state index is 12.3. The smallest absolute Gasteiger partial charge is 0.350 e. The lowest BCUT2D eigenvalue weighted by Crippen LogP contribution is -2.48. The van der Waals surface area contributed by atoms with Crippen LogP contribution >= 0.6 is 11.3 Å². The maximum Gasteiger partial charge on any atom is 0.350 e. The molecule has 2 fully saturated rings. The Hall–Kier alpha value is -1.44. The Balaban J connectivity index is 1.55.